The Morgan fingerprint density at radius 2 is 2.31 bits per heavy atom. The van der Waals surface area contributed by atoms with Crippen LogP contribution in [0.25, 0.3) is 10.9 Å². The minimum atomic E-state index is -1.05. The van der Waals surface area contributed by atoms with Crippen molar-refractivity contribution in [1.29, 1.82) is 5.26 Å². The molecule has 0 saturated carbocycles. The molecule has 0 aliphatic rings. The van der Waals surface area contributed by atoms with Crippen LogP contribution in [-0.2, 0) is 6.42 Å². The molecule has 1 aromatic carbocycles. The third kappa shape index (κ3) is 1.68. The maximum atomic E-state index is 11.0. The van der Waals surface area contributed by atoms with Crippen molar-refractivity contribution in [3.05, 3.63) is 34.4 Å². The molecule has 0 atom stereocenters. The highest BCUT2D eigenvalue weighted by Gasteiger charge is 2.12. The second-order valence-electron chi connectivity index (χ2n) is 3.30. The monoisotopic (exact) mass is 278 g/mol. The summed E-state index contributed by atoms with van der Waals surface area (Å²) in [5.41, 5.74) is 1.32. The molecule has 1 aromatic heterocycles. The highest BCUT2D eigenvalue weighted by atomic mass is 79.9. The number of rotatable bonds is 1. The van der Waals surface area contributed by atoms with E-state index in [2.05, 4.69) is 15.9 Å². The molecule has 2 aromatic rings. The molecular formula is C11H7BrN2O2. The number of nitriles is 1. The Morgan fingerprint density at radius 3 is 2.94 bits per heavy atom. The van der Waals surface area contributed by atoms with Gasteiger partial charge in [-0.1, -0.05) is 22.0 Å². The summed E-state index contributed by atoms with van der Waals surface area (Å²) in [5, 5.41) is 18.5. The second-order valence-corrected chi connectivity index (χ2v) is 4.22. The summed E-state index contributed by atoms with van der Waals surface area (Å²) in [6.07, 6.45) is 0.647. The van der Waals surface area contributed by atoms with Crippen LogP contribution in [-0.4, -0.2) is 15.8 Å². The van der Waals surface area contributed by atoms with Gasteiger partial charge in [0.2, 0.25) is 0 Å². The normalized spacial score (nSPS) is 10.2. The van der Waals surface area contributed by atoms with Crippen LogP contribution in [0.15, 0.2) is 28.9 Å². The highest BCUT2D eigenvalue weighted by molar-refractivity contribution is 9.10. The van der Waals surface area contributed by atoms with Gasteiger partial charge in [-0.15, -0.1) is 0 Å². The molecule has 0 aliphatic carbocycles. The molecule has 0 fully saturated rings. The quantitative estimate of drug-likeness (QED) is 0.872. The minimum absolute atomic E-state index is 0.207. The smallest absolute Gasteiger partial charge is 0.416 e. The molecular weight excluding hydrogens is 272 g/mol. The van der Waals surface area contributed by atoms with Gasteiger partial charge < -0.3 is 5.11 Å². The molecule has 1 heterocycles. The van der Waals surface area contributed by atoms with Crippen molar-refractivity contribution in [2.45, 2.75) is 6.42 Å². The topological polar surface area (TPSA) is 66.0 Å². The average molecular weight is 279 g/mol. The number of benzene rings is 1. The summed E-state index contributed by atoms with van der Waals surface area (Å²) in [6, 6.07) is 7.39. The number of halogens is 1. The summed E-state index contributed by atoms with van der Waals surface area (Å²) in [7, 11) is 0. The van der Waals surface area contributed by atoms with Crippen molar-refractivity contribution in [2.24, 2.45) is 0 Å². The van der Waals surface area contributed by atoms with Crippen LogP contribution >= 0.6 is 15.9 Å². The molecule has 5 heteroatoms. The Morgan fingerprint density at radius 1 is 1.56 bits per heavy atom. The first-order valence-electron chi connectivity index (χ1n) is 4.53. The first kappa shape index (κ1) is 10.7. The van der Waals surface area contributed by atoms with Crippen molar-refractivity contribution in [1.82, 2.24) is 4.57 Å². The van der Waals surface area contributed by atoms with Gasteiger partial charge in [0.05, 0.1) is 18.0 Å². The number of carboxylic acid groups (broad SMARTS) is 1. The standard InChI is InChI=1S/C11H7BrN2O2/c12-8-1-2-9-7(3-4-13)6-14(11(15)16)10(9)5-8/h1-2,5-6H,3H2,(H,15,16). The Kier molecular flexibility index (Phi) is 2.67. The summed E-state index contributed by atoms with van der Waals surface area (Å²) >= 11 is 3.29. The van der Waals surface area contributed by atoms with Crippen LogP contribution in [0.3, 0.4) is 0 Å². The van der Waals surface area contributed by atoms with Gasteiger partial charge in [-0.2, -0.15) is 5.26 Å². The molecule has 1 N–H and O–H groups in total. The maximum Gasteiger partial charge on any atom is 0.416 e. The largest absolute Gasteiger partial charge is 0.464 e. The lowest BCUT2D eigenvalue weighted by molar-refractivity contribution is 0.197. The van der Waals surface area contributed by atoms with Crippen molar-refractivity contribution in [3.63, 3.8) is 0 Å². The van der Waals surface area contributed by atoms with E-state index in [1.165, 1.54) is 6.20 Å². The number of hydrogen-bond acceptors (Lipinski definition) is 2. The molecule has 16 heavy (non-hydrogen) atoms. The van der Waals surface area contributed by atoms with Crippen LogP contribution < -0.4 is 0 Å². The molecule has 0 aliphatic heterocycles. The third-order valence-corrected chi connectivity index (χ3v) is 2.82. The molecule has 0 bridgehead atoms. The summed E-state index contributed by atoms with van der Waals surface area (Å²) < 4.78 is 1.94. The predicted molar refractivity (Wildman–Crippen MR) is 62.4 cm³/mol. The van der Waals surface area contributed by atoms with E-state index in [4.69, 9.17) is 10.4 Å². The molecule has 4 nitrogen and oxygen atoms in total. The predicted octanol–water partition coefficient (Wildman–Crippen LogP) is 3.00. The summed E-state index contributed by atoms with van der Waals surface area (Å²) in [4.78, 5) is 11.0. The zero-order valence-corrected chi connectivity index (χ0v) is 9.73. The van der Waals surface area contributed by atoms with Crippen molar-refractivity contribution in [3.8, 4) is 6.07 Å². The fourth-order valence-corrected chi connectivity index (χ4v) is 2.00. The van der Waals surface area contributed by atoms with Crippen molar-refractivity contribution >= 4 is 32.9 Å². The SMILES string of the molecule is N#CCc1cn(C(=O)O)c2cc(Br)ccc12. The Labute approximate surface area is 99.8 Å². The first-order chi connectivity index (χ1) is 7.63. The van der Waals surface area contributed by atoms with Gasteiger partial charge in [0.1, 0.15) is 0 Å². The minimum Gasteiger partial charge on any atom is -0.464 e. The molecule has 0 spiro atoms. The maximum absolute atomic E-state index is 11.0. The van der Waals surface area contributed by atoms with Crippen LogP contribution in [0.2, 0.25) is 0 Å². The van der Waals surface area contributed by atoms with Gasteiger partial charge in [-0.3, -0.25) is 4.57 Å². The molecule has 80 valence electrons. The Balaban J connectivity index is 2.77. The Bertz CT molecular complexity index is 610. The summed E-state index contributed by atoms with van der Waals surface area (Å²) in [5.74, 6) is 0. The molecule has 2 rings (SSSR count). The summed E-state index contributed by atoms with van der Waals surface area (Å²) in [6.45, 7) is 0. The van der Waals surface area contributed by atoms with E-state index in [0.29, 0.717) is 5.52 Å². The van der Waals surface area contributed by atoms with Crippen molar-refractivity contribution < 1.29 is 9.90 Å². The fraction of sp³-hybridized carbons (Fsp3) is 0.0909. The van der Waals surface area contributed by atoms with Gasteiger partial charge in [-0.05, 0) is 17.7 Å². The lowest BCUT2D eigenvalue weighted by Crippen LogP contribution is -2.05. The van der Waals surface area contributed by atoms with E-state index in [9.17, 15) is 4.79 Å². The van der Waals surface area contributed by atoms with Crippen LogP contribution in [0, 0.1) is 11.3 Å². The van der Waals surface area contributed by atoms with E-state index >= 15 is 0 Å². The van der Waals surface area contributed by atoms with Gasteiger partial charge in [0.25, 0.3) is 0 Å². The third-order valence-electron chi connectivity index (χ3n) is 2.33. The van der Waals surface area contributed by atoms with E-state index < -0.39 is 6.09 Å². The van der Waals surface area contributed by atoms with Crippen LogP contribution in [0.4, 0.5) is 4.79 Å². The number of carbonyl (C=O) groups is 1. The fourth-order valence-electron chi connectivity index (χ4n) is 1.65. The molecule has 0 unspecified atom stereocenters. The number of nitrogens with zero attached hydrogens (tertiary/aromatic N) is 2. The lowest BCUT2D eigenvalue weighted by atomic mass is 10.1. The van der Waals surface area contributed by atoms with E-state index in [1.54, 1.807) is 6.07 Å². The van der Waals surface area contributed by atoms with Crippen molar-refractivity contribution in [2.75, 3.05) is 0 Å². The second kappa shape index (κ2) is 3.99. The zero-order chi connectivity index (χ0) is 11.7. The lowest BCUT2D eigenvalue weighted by Gasteiger charge is -1.97. The van der Waals surface area contributed by atoms with Gasteiger partial charge in [0.15, 0.2) is 0 Å². The number of aromatic nitrogens is 1. The molecule has 0 saturated heterocycles. The zero-order valence-electron chi connectivity index (χ0n) is 8.14. The number of hydrogen-bond donors (Lipinski definition) is 1. The Hall–Kier alpha value is -1.80. The van der Waals surface area contributed by atoms with E-state index in [-0.39, 0.29) is 6.42 Å². The average Bonchev–Trinajstić information content (AvgIpc) is 2.57. The van der Waals surface area contributed by atoms with Gasteiger partial charge in [-0.25, -0.2) is 4.79 Å². The molecule has 0 radical (unpaired) electrons. The first-order valence-corrected chi connectivity index (χ1v) is 5.32. The van der Waals surface area contributed by atoms with E-state index in [1.807, 2.05) is 18.2 Å². The molecule has 0 amide bonds. The van der Waals surface area contributed by atoms with E-state index in [0.717, 1.165) is 20.0 Å². The number of fused-ring (bicyclic) bond motifs is 1. The van der Waals surface area contributed by atoms with Gasteiger partial charge in [0, 0.05) is 16.1 Å². The van der Waals surface area contributed by atoms with Crippen LogP contribution in [0.5, 0.6) is 0 Å². The highest BCUT2D eigenvalue weighted by Crippen LogP contribution is 2.25. The van der Waals surface area contributed by atoms with Crippen LogP contribution in [0.1, 0.15) is 5.56 Å². The van der Waals surface area contributed by atoms with Gasteiger partial charge >= 0.3 is 6.09 Å².